The Hall–Kier alpha value is -5.44. The first kappa shape index (κ1) is 23.0. The second kappa shape index (κ2) is 9.90. The van der Waals surface area contributed by atoms with Crippen molar-refractivity contribution in [3.8, 4) is 39.9 Å². The monoisotopic (exact) mass is 499 g/mol. The van der Waals surface area contributed by atoms with E-state index in [4.69, 9.17) is 4.98 Å². The highest BCUT2D eigenvalue weighted by molar-refractivity contribution is 5.81. The van der Waals surface area contributed by atoms with Crippen LogP contribution in [0.4, 0.5) is 5.69 Å². The van der Waals surface area contributed by atoms with Crippen LogP contribution in [0.5, 0.6) is 0 Å². The largest absolute Gasteiger partial charge is 0.292 e. The minimum absolute atomic E-state index is 0.0335. The van der Waals surface area contributed by atoms with E-state index in [-0.39, 0.29) is 5.69 Å². The van der Waals surface area contributed by atoms with Crippen molar-refractivity contribution < 1.29 is 4.92 Å². The molecule has 2 aromatic heterocycles. The van der Waals surface area contributed by atoms with Gasteiger partial charge in [0, 0.05) is 28.9 Å². The highest BCUT2D eigenvalue weighted by Crippen LogP contribution is 2.37. The molecule has 0 aliphatic rings. The molecule has 0 aliphatic carbocycles. The van der Waals surface area contributed by atoms with Crippen molar-refractivity contribution in [2.45, 2.75) is 6.54 Å². The van der Waals surface area contributed by atoms with Gasteiger partial charge in [0.15, 0.2) is 0 Å². The number of benzene rings is 4. The molecule has 184 valence electrons. The van der Waals surface area contributed by atoms with Crippen molar-refractivity contribution >= 4 is 5.69 Å². The summed E-state index contributed by atoms with van der Waals surface area (Å²) in [6.07, 6.45) is 0. The lowest BCUT2D eigenvalue weighted by molar-refractivity contribution is -0.384. The molecule has 0 aliphatic heterocycles. The smallest absolute Gasteiger partial charge is 0.269 e. The molecule has 0 atom stereocenters. The van der Waals surface area contributed by atoms with Crippen LogP contribution >= 0.6 is 0 Å². The lowest BCUT2D eigenvalue weighted by Gasteiger charge is -2.13. The number of hydrogen-bond acceptors (Lipinski definition) is 6. The van der Waals surface area contributed by atoms with Gasteiger partial charge in [-0.05, 0) is 28.1 Å². The summed E-state index contributed by atoms with van der Waals surface area (Å²) in [5.74, 6) is 1.25. The first-order chi connectivity index (χ1) is 18.7. The molecule has 4 aromatic carbocycles. The van der Waals surface area contributed by atoms with E-state index in [0.29, 0.717) is 18.1 Å². The Kier molecular flexibility index (Phi) is 5.99. The molecule has 0 spiro atoms. The standard InChI is InChI=1S/C29H21N7O2/c37-36(38)25-18-16-21(17-19-25)20-34-29(31-32-33-34)26-27(22-10-4-1-5-11-22)35(24-14-8-3-9-15-24)28(30-26)23-12-6-2-7-13-23/h1-19H,20H2. The van der Waals surface area contributed by atoms with Crippen molar-refractivity contribution in [2.75, 3.05) is 0 Å². The Balaban J connectivity index is 1.56. The minimum atomic E-state index is -0.417. The zero-order chi connectivity index (χ0) is 25.9. The van der Waals surface area contributed by atoms with E-state index >= 15 is 0 Å². The van der Waals surface area contributed by atoms with Crippen LogP contribution in [-0.2, 0) is 6.54 Å². The number of imidazole rings is 1. The van der Waals surface area contributed by atoms with Gasteiger partial charge in [0.05, 0.1) is 17.2 Å². The summed E-state index contributed by atoms with van der Waals surface area (Å²) in [4.78, 5) is 15.8. The van der Waals surface area contributed by atoms with Crippen LogP contribution < -0.4 is 0 Å². The number of nitro benzene ring substituents is 1. The average Bonchev–Trinajstić information content (AvgIpc) is 3.59. The predicted molar refractivity (Wildman–Crippen MR) is 143 cm³/mol. The highest BCUT2D eigenvalue weighted by atomic mass is 16.6. The topological polar surface area (TPSA) is 105 Å². The summed E-state index contributed by atoms with van der Waals surface area (Å²) < 4.78 is 3.80. The third kappa shape index (κ3) is 4.33. The first-order valence-electron chi connectivity index (χ1n) is 12.0. The third-order valence-corrected chi connectivity index (χ3v) is 6.19. The molecule has 2 heterocycles. The van der Waals surface area contributed by atoms with E-state index < -0.39 is 4.92 Å². The highest BCUT2D eigenvalue weighted by Gasteiger charge is 2.26. The van der Waals surface area contributed by atoms with Crippen LogP contribution in [0.2, 0.25) is 0 Å². The number of nitrogens with zero attached hydrogens (tertiary/aromatic N) is 7. The molecule has 0 fully saturated rings. The van der Waals surface area contributed by atoms with E-state index in [2.05, 4.69) is 20.1 Å². The number of rotatable bonds is 7. The van der Waals surface area contributed by atoms with E-state index in [1.165, 1.54) is 12.1 Å². The quantitative estimate of drug-likeness (QED) is 0.203. The summed E-state index contributed by atoms with van der Waals surface area (Å²) in [6, 6.07) is 36.5. The second-order valence-electron chi connectivity index (χ2n) is 8.62. The normalized spacial score (nSPS) is 10.9. The molecule has 38 heavy (non-hydrogen) atoms. The summed E-state index contributed by atoms with van der Waals surface area (Å²) >= 11 is 0. The number of hydrogen-bond donors (Lipinski definition) is 0. The summed E-state index contributed by atoms with van der Waals surface area (Å²) in [5, 5.41) is 23.6. The molecule has 0 bridgehead atoms. The second-order valence-corrected chi connectivity index (χ2v) is 8.62. The maximum Gasteiger partial charge on any atom is 0.269 e. The molecule has 6 rings (SSSR count). The van der Waals surface area contributed by atoms with Gasteiger partial charge >= 0.3 is 0 Å². The molecule has 0 amide bonds. The van der Waals surface area contributed by atoms with Crippen LogP contribution in [0, 0.1) is 10.1 Å². The van der Waals surface area contributed by atoms with Crippen molar-refractivity contribution in [2.24, 2.45) is 0 Å². The van der Waals surface area contributed by atoms with Crippen molar-refractivity contribution in [1.29, 1.82) is 0 Å². The molecule has 0 radical (unpaired) electrons. The lowest BCUT2D eigenvalue weighted by Crippen LogP contribution is -2.06. The number of tetrazole rings is 1. The molecular weight excluding hydrogens is 478 g/mol. The molecule has 6 aromatic rings. The van der Waals surface area contributed by atoms with E-state index in [1.807, 2.05) is 91.0 Å². The fourth-order valence-corrected chi connectivity index (χ4v) is 4.42. The first-order valence-corrected chi connectivity index (χ1v) is 12.0. The maximum atomic E-state index is 11.1. The molecule has 0 N–H and O–H groups in total. The van der Waals surface area contributed by atoms with Crippen LogP contribution in [0.25, 0.3) is 39.9 Å². The minimum Gasteiger partial charge on any atom is -0.292 e. The Bertz CT molecular complexity index is 1700. The SMILES string of the molecule is O=[N+]([O-])c1ccc(Cn2nnnc2-c2nc(-c3ccccc3)n(-c3ccccc3)c2-c2ccccc2)cc1. The van der Waals surface area contributed by atoms with E-state index in [9.17, 15) is 10.1 Å². The van der Waals surface area contributed by atoms with Gasteiger partial charge < -0.3 is 0 Å². The molecule has 0 unspecified atom stereocenters. The molecule has 9 nitrogen and oxygen atoms in total. The molecular formula is C29H21N7O2. The van der Waals surface area contributed by atoms with Gasteiger partial charge in [0.1, 0.15) is 11.5 Å². The van der Waals surface area contributed by atoms with Crippen LogP contribution in [-0.4, -0.2) is 34.7 Å². The fourth-order valence-electron chi connectivity index (χ4n) is 4.42. The number of para-hydroxylation sites is 1. The van der Waals surface area contributed by atoms with Crippen LogP contribution in [0.3, 0.4) is 0 Å². The average molecular weight is 500 g/mol. The van der Waals surface area contributed by atoms with Gasteiger partial charge in [-0.3, -0.25) is 14.7 Å². The molecule has 0 saturated carbocycles. The Morgan fingerprint density at radius 2 is 1.32 bits per heavy atom. The maximum absolute atomic E-state index is 11.1. The van der Waals surface area contributed by atoms with E-state index in [0.717, 1.165) is 33.9 Å². The van der Waals surface area contributed by atoms with Gasteiger partial charge in [-0.2, -0.15) is 0 Å². The van der Waals surface area contributed by atoms with Gasteiger partial charge in [-0.15, -0.1) is 5.10 Å². The van der Waals surface area contributed by atoms with Crippen molar-refractivity contribution in [3.63, 3.8) is 0 Å². The van der Waals surface area contributed by atoms with Crippen LogP contribution in [0.15, 0.2) is 115 Å². The third-order valence-electron chi connectivity index (χ3n) is 6.19. The van der Waals surface area contributed by atoms with Crippen LogP contribution in [0.1, 0.15) is 5.56 Å². The van der Waals surface area contributed by atoms with Crippen molar-refractivity contribution in [3.05, 3.63) is 131 Å². The number of nitro groups is 1. The Morgan fingerprint density at radius 3 is 1.95 bits per heavy atom. The molecule has 9 heteroatoms. The van der Waals surface area contributed by atoms with Gasteiger partial charge in [-0.25, -0.2) is 9.67 Å². The summed E-state index contributed by atoms with van der Waals surface area (Å²) in [7, 11) is 0. The zero-order valence-corrected chi connectivity index (χ0v) is 20.1. The van der Waals surface area contributed by atoms with Crippen molar-refractivity contribution in [1.82, 2.24) is 29.8 Å². The zero-order valence-electron chi connectivity index (χ0n) is 20.1. The van der Waals surface area contributed by atoms with E-state index in [1.54, 1.807) is 16.8 Å². The number of aromatic nitrogens is 6. The molecule has 0 saturated heterocycles. The Labute approximate surface area is 217 Å². The summed E-state index contributed by atoms with van der Waals surface area (Å²) in [6.45, 7) is 0.327. The number of non-ortho nitro benzene ring substituents is 1. The summed E-state index contributed by atoms with van der Waals surface area (Å²) in [5.41, 5.74) is 5.22. The van der Waals surface area contributed by atoms with Gasteiger partial charge in [0.2, 0.25) is 5.82 Å². The fraction of sp³-hybridized carbons (Fsp3) is 0.0345. The Morgan fingerprint density at radius 1 is 0.711 bits per heavy atom. The van der Waals surface area contributed by atoms with Gasteiger partial charge in [-0.1, -0.05) is 91.0 Å². The van der Waals surface area contributed by atoms with Gasteiger partial charge in [0.25, 0.3) is 5.69 Å². The lowest BCUT2D eigenvalue weighted by atomic mass is 10.1. The predicted octanol–water partition coefficient (Wildman–Crippen LogP) is 5.82.